The van der Waals surface area contributed by atoms with Gasteiger partial charge in [0.1, 0.15) is 12.1 Å². The summed E-state index contributed by atoms with van der Waals surface area (Å²) >= 11 is 0. The number of hydrazone groups is 1. The first-order valence-corrected chi connectivity index (χ1v) is 10.1. The van der Waals surface area contributed by atoms with E-state index in [1.54, 1.807) is 18.1 Å². The SMILES string of the molecule is Cc1ccc(C2C=NN(C(c3ccccc3)C(O)c3ccccc3)C(C)(O)N2)cc1. The molecule has 0 saturated heterocycles. The second-order valence-corrected chi connectivity index (χ2v) is 7.87. The molecule has 154 valence electrons. The van der Waals surface area contributed by atoms with Gasteiger partial charge in [-0.15, -0.1) is 0 Å². The van der Waals surface area contributed by atoms with Crippen LogP contribution in [0.25, 0.3) is 0 Å². The first kappa shape index (κ1) is 20.3. The molecule has 4 rings (SSSR count). The fourth-order valence-corrected chi connectivity index (χ4v) is 3.87. The second kappa shape index (κ2) is 8.40. The summed E-state index contributed by atoms with van der Waals surface area (Å²) in [6, 6.07) is 26.4. The van der Waals surface area contributed by atoms with E-state index < -0.39 is 18.0 Å². The van der Waals surface area contributed by atoms with E-state index in [-0.39, 0.29) is 6.04 Å². The Kier molecular flexibility index (Phi) is 5.68. The van der Waals surface area contributed by atoms with Gasteiger partial charge in [0, 0.05) is 6.21 Å². The van der Waals surface area contributed by atoms with E-state index in [4.69, 9.17) is 0 Å². The predicted octanol–water partition coefficient (Wildman–Crippen LogP) is 4.07. The molecule has 5 heteroatoms. The molecule has 5 nitrogen and oxygen atoms in total. The zero-order chi connectivity index (χ0) is 21.1. The van der Waals surface area contributed by atoms with Crippen molar-refractivity contribution in [1.29, 1.82) is 0 Å². The van der Waals surface area contributed by atoms with Crippen LogP contribution in [0.4, 0.5) is 0 Å². The standard InChI is InChI=1S/C25H27N3O2/c1-18-13-15-19(16-14-18)22-17-26-28(25(2,30)27-22)23(20-9-5-3-6-10-20)24(29)21-11-7-4-8-12-21/h3-17,22-24,27,29-30H,1-2H3. The maximum absolute atomic E-state index is 11.3. The fraction of sp³-hybridized carbons (Fsp3) is 0.240. The van der Waals surface area contributed by atoms with Crippen LogP contribution in [0.2, 0.25) is 0 Å². The Labute approximate surface area is 177 Å². The van der Waals surface area contributed by atoms with Crippen LogP contribution in [0.3, 0.4) is 0 Å². The van der Waals surface area contributed by atoms with Crippen molar-refractivity contribution < 1.29 is 10.2 Å². The van der Waals surface area contributed by atoms with Crippen LogP contribution in [-0.4, -0.2) is 27.3 Å². The minimum atomic E-state index is -1.47. The van der Waals surface area contributed by atoms with Gasteiger partial charge in [0.15, 0.2) is 0 Å². The lowest BCUT2D eigenvalue weighted by Gasteiger charge is -2.46. The van der Waals surface area contributed by atoms with Crippen molar-refractivity contribution in [2.24, 2.45) is 5.10 Å². The fourth-order valence-electron chi connectivity index (χ4n) is 3.87. The van der Waals surface area contributed by atoms with Crippen molar-refractivity contribution in [2.75, 3.05) is 0 Å². The van der Waals surface area contributed by atoms with Crippen LogP contribution >= 0.6 is 0 Å². The van der Waals surface area contributed by atoms with Crippen LogP contribution in [-0.2, 0) is 0 Å². The average molecular weight is 402 g/mol. The molecule has 0 fully saturated rings. The monoisotopic (exact) mass is 401 g/mol. The summed E-state index contributed by atoms with van der Waals surface area (Å²) in [5.41, 5.74) is 3.82. The van der Waals surface area contributed by atoms with Crippen molar-refractivity contribution in [3.63, 3.8) is 0 Å². The van der Waals surface area contributed by atoms with Gasteiger partial charge >= 0.3 is 0 Å². The minimum Gasteiger partial charge on any atom is -0.386 e. The maximum atomic E-state index is 11.3. The summed E-state index contributed by atoms with van der Waals surface area (Å²) in [7, 11) is 0. The molecule has 1 aliphatic rings. The highest BCUT2D eigenvalue weighted by molar-refractivity contribution is 5.68. The van der Waals surface area contributed by atoms with Crippen molar-refractivity contribution in [3.8, 4) is 0 Å². The highest BCUT2D eigenvalue weighted by atomic mass is 16.3. The summed E-state index contributed by atoms with van der Waals surface area (Å²) in [6.07, 6.45) is 0.894. The van der Waals surface area contributed by atoms with E-state index in [0.717, 1.165) is 16.7 Å². The highest BCUT2D eigenvalue weighted by Crippen LogP contribution is 2.39. The Morgan fingerprint density at radius 1 is 0.900 bits per heavy atom. The van der Waals surface area contributed by atoms with Gasteiger partial charge in [-0.2, -0.15) is 5.10 Å². The maximum Gasteiger partial charge on any atom is 0.208 e. The number of hydrogen-bond acceptors (Lipinski definition) is 5. The van der Waals surface area contributed by atoms with Crippen LogP contribution in [0.1, 0.15) is 47.4 Å². The lowest BCUT2D eigenvalue weighted by Crippen LogP contribution is -2.60. The normalized spacial score (nSPS) is 23.2. The van der Waals surface area contributed by atoms with Crippen molar-refractivity contribution >= 4 is 6.21 Å². The summed E-state index contributed by atoms with van der Waals surface area (Å²) < 4.78 is 0. The van der Waals surface area contributed by atoms with E-state index in [1.165, 1.54) is 5.56 Å². The largest absolute Gasteiger partial charge is 0.386 e. The highest BCUT2D eigenvalue weighted by Gasteiger charge is 2.42. The molecule has 30 heavy (non-hydrogen) atoms. The number of rotatable bonds is 5. The molecule has 0 radical (unpaired) electrons. The van der Waals surface area contributed by atoms with Crippen molar-refractivity contribution in [2.45, 2.75) is 37.9 Å². The quantitative estimate of drug-likeness (QED) is 0.603. The number of aryl methyl sites for hydroxylation is 1. The molecule has 1 heterocycles. The van der Waals surface area contributed by atoms with E-state index in [1.807, 2.05) is 91.9 Å². The van der Waals surface area contributed by atoms with Crippen LogP contribution < -0.4 is 5.32 Å². The summed E-state index contributed by atoms with van der Waals surface area (Å²) in [5, 5.41) is 32.0. The molecule has 0 bridgehead atoms. The van der Waals surface area contributed by atoms with E-state index in [0.29, 0.717) is 0 Å². The Balaban J connectivity index is 1.71. The van der Waals surface area contributed by atoms with Gasteiger partial charge in [-0.3, -0.25) is 5.32 Å². The second-order valence-electron chi connectivity index (χ2n) is 7.87. The van der Waals surface area contributed by atoms with E-state index >= 15 is 0 Å². The molecule has 0 aliphatic carbocycles. The van der Waals surface area contributed by atoms with Gasteiger partial charge in [0.25, 0.3) is 0 Å². The van der Waals surface area contributed by atoms with Gasteiger partial charge < -0.3 is 10.2 Å². The van der Waals surface area contributed by atoms with Crippen LogP contribution in [0.5, 0.6) is 0 Å². The van der Waals surface area contributed by atoms with E-state index in [2.05, 4.69) is 10.4 Å². The molecule has 0 spiro atoms. The molecule has 3 N–H and O–H groups in total. The van der Waals surface area contributed by atoms with Crippen LogP contribution in [0.15, 0.2) is 90.0 Å². The molecule has 4 atom stereocenters. The van der Waals surface area contributed by atoms with Crippen molar-refractivity contribution in [1.82, 2.24) is 10.3 Å². The predicted molar refractivity (Wildman–Crippen MR) is 119 cm³/mol. The Morgan fingerprint density at radius 3 is 2.03 bits per heavy atom. The number of aliphatic hydroxyl groups is 2. The molecular formula is C25H27N3O2. The number of aliphatic hydroxyl groups excluding tert-OH is 1. The number of nitrogens with zero attached hydrogens (tertiary/aromatic N) is 2. The molecule has 3 aromatic carbocycles. The van der Waals surface area contributed by atoms with Gasteiger partial charge in [-0.1, -0.05) is 90.5 Å². The molecule has 3 aromatic rings. The van der Waals surface area contributed by atoms with Crippen LogP contribution in [0, 0.1) is 6.92 Å². The summed E-state index contributed by atoms with van der Waals surface area (Å²) in [4.78, 5) is 0. The Hall–Kier alpha value is -2.99. The minimum absolute atomic E-state index is 0.234. The lowest BCUT2D eigenvalue weighted by atomic mass is 9.94. The third-order valence-corrected chi connectivity index (χ3v) is 5.50. The Bertz CT molecular complexity index is 988. The third-order valence-electron chi connectivity index (χ3n) is 5.50. The molecule has 0 saturated carbocycles. The smallest absolute Gasteiger partial charge is 0.208 e. The molecule has 0 amide bonds. The van der Waals surface area contributed by atoms with Gasteiger partial charge in [-0.25, -0.2) is 5.01 Å². The van der Waals surface area contributed by atoms with Gasteiger partial charge in [0.05, 0.1) is 6.04 Å². The molecule has 4 unspecified atom stereocenters. The number of hydrogen-bond donors (Lipinski definition) is 3. The van der Waals surface area contributed by atoms with E-state index in [9.17, 15) is 10.2 Å². The van der Waals surface area contributed by atoms with Gasteiger partial charge in [-0.05, 0) is 30.5 Å². The molecular weight excluding hydrogens is 374 g/mol. The molecule has 0 aromatic heterocycles. The first-order chi connectivity index (χ1) is 14.5. The van der Waals surface area contributed by atoms with Crippen molar-refractivity contribution in [3.05, 3.63) is 107 Å². The molecule has 1 aliphatic heterocycles. The summed E-state index contributed by atoms with van der Waals surface area (Å²) in [5.74, 6) is -1.47. The lowest BCUT2D eigenvalue weighted by molar-refractivity contribution is -0.168. The third kappa shape index (κ3) is 4.14. The average Bonchev–Trinajstić information content (AvgIpc) is 2.76. The number of nitrogens with one attached hydrogen (secondary N) is 1. The zero-order valence-electron chi connectivity index (χ0n) is 17.2. The topological polar surface area (TPSA) is 68.1 Å². The van der Waals surface area contributed by atoms with Gasteiger partial charge in [0.2, 0.25) is 5.85 Å². The summed E-state index contributed by atoms with van der Waals surface area (Å²) in [6.45, 7) is 3.71. The zero-order valence-corrected chi connectivity index (χ0v) is 17.2. The first-order valence-electron chi connectivity index (χ1n) is 10.1. The Morgan fingerprint density at radius 2 is 1.47 bits per heavy atom. The number of benzene rings is 3.